The summed E-state index contributed by atoms with van der Waals surface area (Å²) in [4.78, 5) is 12.0. The van der Waals surface area contributed by atoms with Crippen molar-refractivity contribution < 1.29 is 18.7 Å². The first-order valence-corrected chi connectivity index (χ1v) is 6.99. The van der Waals surface area contributed by atoms with Gasteiger partial charge in [-0.15, -0.1) is 0 Å². The summed E-state index contributed by atoms with van der Waals surface area (Å²) in [6.45, 7) is 0.0112. The highest BCUT2D eigenvalue weighted by Crippen LogP contribution is 2.29. The van der Waals surface area contributed by atoms with Crippen LogP contribution in [0.2, 0.25) is 0 Å². The van der Waals surface area contributed by atoms with Crippen LogP contribution in [0.3, 0.4) is 0 Å². The third kappa shape index (κ3) is 2.85. The number of hydrogen-bond donors (Lipinski definition) is 2. The van der Waals surface area contributed by atoms with Crippen molar-refractivity contribution in [2.75, 3.05) is 6.54 Å². The largest absolute Gasteiger partial charge is 0.387 e. The van der Waals surface area contributed by atoms with Crippen LogP contribution in [0.15, 0.2) is 42.5 Å². The molecule has 22 heavy (non-hydrogen) atoms. The summed E-state index contributed by atoms with van der Waals surface area (Å²) in [6.07, 6.45) is 0.880. The van der Waals surface area contributed by atoms with E-state index < -0.39 is 23.1 Å². The number of benzene rings is 2. The van der Waals surface area contributed by atoms with Crippen LogP contribution in [0.1, 0.15) is 21.5 Å². The molecule has 2 aromatic carbocycles. The summed E-state index contributed by atoms with van der Waals surface area (Å²) in [5, 5.41) is 13.1. The quantitative estimate of drug-likeness (QED) is 0.913. The van der Waals surface area contributed by atoms with Gasteiger partial charge in [-0.2, -0.15) is 0 Å². The van der Waals surface area contributed by atoms with Crippen molar-refractivity contribution in [2.24, 2.45) is 0 Å². The van der Waals surface area contributed by atoms with E-state index >= 15 is 0 Å². The van der Waals surface area contributed by atoms with E-state index in [1.54, 1.807) is 0 Å². The van der Waals surface area contributed by atoms with E-state index in [1.807, 2.05) is 24.3 Å². The van der Waals surface area contributed by atoms with Crippen LogP contribution in [-0.4, -0.2) is 23.2 Å². The number of nitrogens with one attached hydrogen (secondary N) is 1. The van der Waals surface area contributed by atoms with Crippen molar-refractivity contribution in [3.8, 4) is 0 Å². The van der Waals surface area contributed by atoms with Gasteiger partial charge in [-0.3, -0.25) is 4.79 Å². The van der Waals surface area contributed by atoms with Crippen LogP contribution >= 0.6 is 0 Å². The molecule has 0 heterocycles. The summed E-state index contributed by atoms with van der Waals surface area (Å²) >= 11 is 0. The van der Waals surface area contributed by atoms with Crippen molar-refractivity contribution in [3.63, 3.8) is 0 Å². The van der Waals surface area contributed by atoms with Gasteiger partial charge >= 0.3 is 0 Å². The molecule has 2 N–H and O–H groups in total. The molecule has 1 aliphatic rings. The summed E-state index contributed by atoms with van der Waals surface area (Å²) in [7, 11) is 0. The minimum atomic E-state index is -1.07. The first-order valence-electron chi connectivity index (χ1n) is 6.99. The molecule has 0 atom stereocenters. The third-order valence-corrected chi connectivity index (χ3v) is 3.91. The molecule has 5 heteroatoms. The Morgan fingerprint density at radius 1 is 1.14 bits per heavy atom. The standard InChI is InChI=1S/C17H15F2NO2/c18-13-5-6-14(15(19)7-13)16(21)20-10-17(22)8-11-3-1-2-4-12(11)9-17/h1-7,22H,8-10H2,(H,20,21). The average Bonchev–Trinajstić information content (AvgIpc) is 2.81. The molecule has 3 nitrogen and oxygen atoms in total. The van der Waals surface area contributed by atoms with Crippen molar-refractivity contribution in [2.45, 2.75) is 18.4 Å². The number of aliphatic hydroxyl groups is 1. The van der Waals surface area contributed by atoms with Crippen LogP contribution in [0, 0.1) is 11.6 Å². The molecular weight excluding hydrogens is 288 g/mol. The normalized spacial score (nSPS) is 15.4. The molecule has 3 rings (SSSR count). The van der Waals surface area contributed by atoms with Crippen LogP contribution < -0.4 is 5.32 Å². The van der Waals surface area contributed by atoms with Crippen LogP contribution in [0.5, 0.6) is 0 Å². The number of rotatable bonds is 3. The lowest BCUT2D eigenvalue weighted by molar-refractivity contribution is 0.0478. The Morgan fingerprint density at radius 2 is 1.77 bits per heavy atom. The van der Waals surface area contributed by atoms with E-state index in [2.05, 4.69) is 5.32 Å². The molecule has 114 valence electrons. The smallest absolute Gasteiger partial charge is 0.254 e. The second kappa shape index (κ2) is 5.50. The third-order valence-electron chi connectivity index (χ3n) is 3.91. The lowest BCUT2D eigenvalue weighted by atomic mass is 10.0. The summed E-state index contributed by atoms with van der Waals surface area (Å²) in [5.41, 5.74) is 0.787. The Hall–Kier alpha value is -2.27. The maximum Gasteiger partial charge on any atom is 0.254 e. The van der Waals surface area contributed by atoms with Gasteiger partial charge in [0, 0.05) is 25.5 Å². The fourth-order valence-corrected chi connectivity index (χ4v) is 2.81. The minimum absolute atomic E-state index is 0.0112. The van der Waals surface area contributed by atoms with Crippen molar-refractivity contribution in [3.05, 3.63) is 70.8 Å². The zero-order valence-electron chi connectivity index (χ0n) is 11.8. The van der Waals surface area contributed by atoms with E-state index in [-0.39, 0.29) is 12.1 Å². The molecule has 0 radical (unpaired) electrons. The van der Waals surface area contributed by atoms with E-state index in [1.165, 1.54) is 0 Å². The Morgan fingerprint density at radius 3 is 2.36 bits per heavy atom. The monoisotopic (exact) mass is 303 g/mol. The molecule has 0 aliphatic heterocycles. The predicted molar refractivity (Wildman–Crippen MR) is 77.5 cm³/mol. The van der Waals surface area contributed by atoms with Gasteiger partial charge in [-0.1, -0.05) is 24.3 Å². The molecule has 0 saturated carbocycles. The second-order valence-electron chi connectivity index (χ2n) is 5.65. The van der Waals surface area contributed by atoms with E-state index in [9.17, 15) is 18.7 Å². The summed E-state index contributed by atoms with van der Waals surface area (Å²) < 4.78 is 26.4. The molecule has 1 aliphatic carbocycles. The van der Waals surface area contributed by atoms with Crippen molar-refractivity contribution in [1.29, 1.82) is 0 Å². The minimum Gasteiger partial charge on any atom is -0.387 e. The number of carbonyl (C=O) groups is 1. The highest BCUT2D eigenvalue weighted by Gasteiger charge is 2.35. The van der Waals surface area contributed by atoms with Gasteiger partial charge in [-0.05, 0) is 23.3 Å². The number of amides is 1. The highest BCUT2D eigenvalue weighted by molar-refractivity contribution is 5.94. The Kier molecular flexibility index (Phi) is 3.66. The van der Waals surface area contributed by atoms with Gasteiger partial charge in [-0.25, -0.2) is 8.78 Å². The molecular formula is C17H15F2NO2. The fraction of sp³-hybridized carbons (Fsp3) is 0.235. The van der Waals surface area contributed by atoms with Gasteiger partial charge in [0.1, 0.15) is 11.6 Å². The molecule has 0 spiro atoms. The van der Waals surface area contributed by atoms with Crippen molar-refractivity contribution >= 4 is 5.91 Å². The van der Waals surface area contributed by atoms with Gasteiger partial charge in [0.15, 0.2) is 0 Å². The average molecular weight is 303 g/mol. The van der Waals surface area contributed by atoms with Gasteiger partial charge in [0.2, 0.25) is 0 Å². The molecule has 1 amide bonds. The number of halogens is 2. The van der Waals surface area contributed by atoms with E-state index in [0.29, 0.717) is 18.9 Å². The van der Waals surface area contributed by atoms with Crippen molar-refractivity contribution in [1.82, 2.24) is 5.32 Å². The molecule has 0 fully saturated rings. The number of fused-ring (bicyclic) bond motifs is 1. The van der Waals surface area contributed by atoms with Gasteiger partial charge in [0.05, 0.1) is 11.2 Å². The first-order chi connectivity index (χ1) is 10.5. The highest BCUT2D eigenvalue weighted by atomic mass is 19.1. The predicted octanol–water partition coefficient (Wildman–Crippen LogP) is 2.22. The summed E-state index contributed by atoms with van der Waals surface area (Å²) in [6, 6.07) is 10.5. The Labute approximate surface area is 126 Å². The Bertz CT molecular complexity index is 705. The lowest BCUT2D eigenvalue weighted by Crippen LogP contribution is -2.43. The van der Waals surface area contributed by atoms with E-state index in [0.717, 1.165) is 23.3 Å². The maximum absolute atomic E-state index is 13.5. The zero-order chi connectivity index (χ0) is 15.7. The SMILES string of the molecule is O=C(NCC1(O)Cc2ccccc2C1)c1ccc(F)cc1F. The maximum atomic E-state index is 13.5. The molecule has 0 saturated heterocycles. The fourth-order valence-electron chi connectivity index (χ4n) is 2.81. The number of hydrogen-bond acceptors (Lipinski definition) is 2. The topological polar surface area (TPSA) is 49.3 Å². The van der Waals surface area contributed by atoms with Crippen LogP contribution in [0.25, 0.3) is 0 Å². The molecule has 0 bridgehead atoms. The Balaban J connectivity index is 1.67. The lowest BCUT2D eigenvalue weighted by Gasteiger charge is -2.22. The second-order valence-corrected chi connectivity index (χ2v) is 5.65. The van der Waals surface area contributed by atoms with Crippen LogP contribution in [0.4, 0.5) is 8.78 Å². The van der Waals surface area contributed by atoms with Gasteiger partial charge < -0.3 is 10.4 Å². The van der Waals surface area contributed by atoms with E-state index in [4.69, 9.17) is 0 Å². The summed E-state index contributed by atoms with van der Waals surface area (Å²) in [5.74, 6) is -2.32. The van der Waals surface area contributed by atoms with Gasteiger partial charge in [0.25, 0.3) is 5.91 Å². The first kappa shape index (κ1) is 14.7. The zero-order valence-corrected chi connectivity index (χ0v) is 11.8. The molecule has 0 unspecified atom stereocenters. The molecule has 2 aromatic rings. The van der Waals surface area contributed by atoms with Crippen LogP contribution in [-0.2, 0) is 12.8 Å². The molecule has 0 aromatic heterocycles. The number of carbonyl (C=O) groups excluding carboxylic acids is 1.